The zero-order valence-electron chi connectivity index (χ0n) is 24.2. The number of hydrogen-bond donors (Lipinski definition) is 1. The van der Waals surface area contributed by atoms with Crippen LogP contribution in [0.15, 0.2) is 97.1 Å². The van der Waals surface area contributed by atoms with Crippen LogP contribution in [0.5, 0.6) is 17.2 Å². The number of hydrogen-bond acceptors (Lipinski definition) is 9. The van der Waals surface area contributed by atoms with Gasteiger partial charge in [0.1, 0.15) is 31.5 Å². The quantitative estimate of drug-likeness (QED) is 0.273. The van der Waals surface area contributed by atoms with Gasteiger partial charge in [-0.15, -0.1) is 0 Å². The molecule has 226 valence electrons. The van der Waals surface area contributed by atoms with E-state index in [1.165, 1.54) is 0 Å². The van der Waals surface area contributed by atoms with E-state index in [1.807, 2.05) is 91.0 Å². The first kappa shape index (κ1) is 28.4. The highest BCUT2D eigenvalue weighted by atomic mass is 16.7. The van der Waals surface area contributed by atoms with Crippen LogP contribution in [-0.2, 0) is 32.2 Å². The zero-order chi connectivity index (χ0) is 30.0. The van der Waals surface area contributed by atoms with Crippen LogP contribution < -0.4 is 19.9 Å². The molecule has 2 N–H and O–H groups in total. The molecule has 0 unspecified atom stereocenters. The van der Waals surface area contributed by atoms with Crippen LogP contribution in [-0.4, -0.2) is 44.0 Å². The smallest absolute Gasteiger partial charge is 0.339 e. The second kappa shape index (κ2) is 12.3. The maximum atomic E-state index is 13.6. The Morgan fingerprint density at radius 3 is 2.09 bits per heavy atom. The number of methoxy groups -OCH3 is 1. The van der Waals surface area contributed by atoms with E-state index in [-0.39, 0.29) is 25.4 Å². The van der Waals surface area contributed by atoms with Crippen molar-refractivity contribution in [1.29, 1.82) is 0 Å². The lowest BCUT2D eigenvalue weighted by Gasteiger charge is -2.49. The van der Waals surface area contributed by atoms with Gasteiger partial charge in [-0.2, -0.15) is 0 Å². The molecule has 2 saturated heterocycles. The van der Waals surface area contributed by atoms with Crippen molar-refractivity contribution >= 4 is 5.97 Å². The van der Waals surface area contributed by atoms with Gasteiger partial charge in [0.2, 0.25) is 5.75 Å². The summed E-state index contributed by atoms with van der Waals surface area (Å²) in [5, 5.41) is 0. The van der Waals surface area contributed by atoms with E-state index >= 15 is 0 Å². The molecule has 4 aromatic rings. The third-order valence-electron chi connectivity index (χ3n) is 8.16. The second-order valence-corrected chi connectivity index (χ2v) is 11.0. The van der Waals surface area contributed by atoms with Crippen molar-refractivity contribution in [2.24, 2.45) is 5.73 Å². The molecule has 0 aromatic heterocycles. The summed E-state index contributed by atoms with van der Waals surface area (Å²) < 4.78 is 43.5. The van der Waals surface area contributed by atoms with E-state index in [0.717, 1.165) is 16.7 Å². The van der Waals surface area contributed by atoms with Gasteiger partial charge in [0.15, 0.2) is 23.9 Å². The number of ether oxygens (including phenoxy) is 7. The van der Waals surface area contributed by atoms with E-state index < -0.39 is 42.7 Å². The highest BCUT2D eigenvalue weighted by molar-refractivity contribution is 5.95. The van der Waals surface area contributed by atoms with Crippen molar-refractivity contribution < 1.29 is 38.0 Å². The minimum atomic E-state index is -0.828. The normalized spacial score (nSPS) is 25.5. The Morgan fingerprint density at radius 2 is 1.43 bits per heavy atom. The van der Waals surface area contributed by atoms with Crippen molar-refractivity contribution in [3.8, 4) is 17.2 Å². The van der Waals surface area contributed by atoms with Crippen LogP contribution in [0.1, 0.15) is 45.0 Å². The predicted octanol–water partition coefficient (Wildman–Crippen LogP) is 5.27. The number of nitrogens with two attached hydrogens (primary N) is 1. The molecule has 0 amide bonds. The molecule has 3 heterocycles. The van der Waals surface area contributed by atoms with Gasteiger partial charge in [-0.05, 0) is 17.2 Å². The lowest BCUT2D eigenvalue weighted by Crippen LogP contribution is -2.64. The first-order valence-electron chi connectivity index (χ1n) is 14.6. The number of fused-ring (bicyclic) bond motifs is 4. The topological polar surface area (TPSA) is 108 Å². The van der Waals surface area contributed by atoms with Gasteiger partial charge in [0.25, 0.3) is 0 Å². The summed E-state index contributed by atoms with van der Waals surface area (Å²) in [6, 6.07) is 30.0. The molecule has 7 rings (SSSR count). The molecule has 44 heavy (non-hydrogen) atoms. The lowest BCUT2D eigenvalue weighted by atomic mass is 9.84. The summed E-state index contributed by atoms with van der Waals surface area (Å²) >= 11 is 0. The SMILES string of the molecule is COc1c(OCc2ccccc2)cc2c(c1OCc1ccccc1)[C@@H]1O[C@@H]3CO[C@@H](c4ccccc4)O[C@H]3[C@H](N)[C@H]1OC2=O. The van der Waals surface area contributed by atoms with Crippen LogP contribution >= 0.6 is 0 Å². The lowest BCUT2D eigenvalue weighted by molar-refractivity contribution is -0.309. The average Bonchev–Trinajstić information content (AvgIpc) is 3.08. The maximum Gasteiger partial charge on any atom is 0.339 e. The summed E-state index contributed by atoms with van der Waals surface area (Å²) in [4.78, 5) is 13.6. The van der Waals surface area contributed by atoms with Crippen molar-refractivity contribution in [2.75, 3.05) is 13.7 Å². The Hall–Kier alpha value is -4.41. The zero-order valence-corrected chi connectivity index (χ0v) is 24.2. The Kier molecular flexibility index (Phi) is 7.93. The fourth-order valence-corrected chi connectivity index (χ4v) is 5.99. The minimum absolute atomic E-state index is 0.224. The van der Waals surface area contributed by atoms with Crippen LogP contribution in [0.4, 0.5) is 0 Å². The van der Waals surface area contributed by atoms with Gasteiger partial charge in [-0.3, -0.25) is 0 Å². The Labute approximate surface area is 255 Å². The van der Waals surface area contributed by atoms with E-state index in [9.17, 15) is 4.79 Å². The molecule has 0 spiro atoms. The molecule has 4 aromatic carbocycles. The monoisotopic (exact) mass is 595 g/mol. The number of rotatable bonds is 8. The van der Waals surface area contributed by atoms with Crippen LogP contribution in [0.3, 0.4) is 0 Å². The first-order valence-corrected chi connectivity index (χ1v) is 14.6. The molecule has 9 nitrogen and oxygen atoms in total. The third-order valence-corrected chi connectivity index (χ3v) is 8.16. The molecule has 3 aliphatic heterocycles. The first-order chi connectivity index (χ1) is 21.6. The Morgan fingerprint density at radius 1 is 0.795 bits per heavy atom. The molecule has 6 atom stereocenters. The third kappa shape index (κ3) is 5.39. The molecule has 0 saturated carbocycles. The van der Waals surface area contributed by atoms with E-state index in [2.05, 4.69) is 0 Å². The van der Waals surface area contributed by atoms with Gasteiger partial charge in [-0.25, -0.2) is 4.79 Å². The van der Waals surface area contributed by atoms with Crippen molar-refractivity contribution in [3.05, 3.63) is 125 Å². The number of benzene rings is 4. The summed E-state index contributed by atoms with van der Waals surface area (Å²) in [6.07, 6.45) is -3.25. The molecule has 0 bridgehead atoms. The van der Waals surface area contributed by atoms with Crippen molar-refractivity contribution in [2.45, 2.75) is 50.0 Å². The summed E-state index contributed by atoms with van der Waals surface area (Å²) in [6.45, 7) is 0.735. The van der Waals surface area contributed by atoms with Gasteiger partial charge >= 0.3 is 5.97 Å². The summed E-state index contributed by atoms with van der Waals surface area (Å²) in [7, 11) is 1.54. The standard InChI is InChI=1S/C35H33NO8/c1-38-30-25(39-18-21-11-5-2-6-12-21)17-24-27(31(30)40-19-22-13-7-3-8-14-22)32-33(43-34(24)37)28(36)29-26(42-32)20-41-35(44-29)23-15-9-4-10-16-23/h2-17,26,28-29,32-33,35H,18-20,36H2,1H3/t26-,28+,29-,32+,33-,35-/m1/s1. The fourth-order valence-electron chi connectivity index (χ4n) is 5.99. The molecular formula is C35H33NO8. The highest BCUT2D eigenvalue weighted by Crippen LogP contribution is 2.52. The molecule has 3 aliphatic rings. The second-order valence-electron chi connectivity index (χ2n) is 11.0. The molecule has 9 heteroatoms. The largest absolute Gasteiger partial charge is 0.490 e. The number of carbonyl (C=O) groups excluding carboxylic acids is 1. The van der Waals surface area contributed by atoms with Gasteiger partial charge in [0, 0.05) is 11.1 Å². The molecule has 0 aliphatic carbocycles. The van der Waals surface area contributed by atoms with Crippen molar-refractivity contribution in [1.82, 2.24) is 0 Å². The Balaban J connectivity index is 1.25. The average molecular weight is 596 g/mol. The van der Waals surface area contributed by atoms with Gasteiger partial charge in [-0.1, -0.05) is 91.0 Å². The predicted molar refractivity (Wildman–Crippen MR) is 159 cm³/mol. The van der Waals surface area contributed by atoms with E-state index in [1.54, 1.807) is 13.2 Å². The minimum Gasteiger partial charge on any atom is -0.490 e. The Bertz CT molecular complexity index is 1600. The van der Waals surface area contributed by atoms with E-state index in [0.29, 0.717) is 22.8 Å². The van der Waals surface area contributed by atoms with Gasteiger partial charge < -0.3 is 38.9 Å². The number of carbonyl (C=O) groups is 1. The van der Waals surface area contributed by atoms with Crippen LogP contribution in [0, 0.1) is 0 Å². The number of esters is 1. The maximum absolute atomic E-state index is 13.6. The van der Waals surface area contributed by atoms with Crippen LogP contribution in [0.2, 0.25) is 0 Å². The molecule has 0 radical (unpaired) electrons. The molecular weight excluding hydrogens is 562 g/mol. The van der Waals surface area contributed by atoms with Crippen LogP contribution in [0.25, 0.3) is 0 Å². The summed E-state index contributed by atoms with van der Waals surface area (Å²) in [5.74, 6) is 0.487. The van der Waals surface area contributed by atoms with Gasteiger partial charge in [0.05, 0.1) is 25.3 Å². The summed E-state index contributed by atoms with van der Waals surface area (Å²) in [5.41, 5.74) is 10.3. The highest BCUT2D eigenvalue weighted by Gasteiger charge is 2.54. The fraction of sp³-hybridized carbons (Fsp3) is 0.286. The molecule has 2 fully saturated rings. The van der Waals surface area contributed by atoms with Crippen molar-refractivity contribution in [3.63, 3.8) is 0 Å². The van der Waals surface area contributed by atoms with E-state index in [4.69, 9.17) is 38.9 Å².